The molecule has 1 aromatic heterocycles. The van der Waals surface area contributed by atoms with Crippen LogP contribution in [0.25, 0.3) is 10.8 Å². The quantitative estimate of drug-likeness (QED) is 0.676. The highest BCUT2D eigenvalue weighted by Gasteiger charge is 2.57. The van der Waals surface area contributed by atoms with E-state index in [1.54, 1.807) is 11.1 Å². The van der Waals surface area contributed by atoms with Crippen molar-refractivity contribution in [1.29, 1.82) is 0 Å². The fourth-order valence-corrected chi connectivity index (χ4v) is 4.45. The lowest BCUT2D eigenvalue weighted by Crippen LogP contribution is -2.66. The van der Waals surface area contributed by atoms with E-state index in [1.807, 2.05) is 25.1 Å². The zero-order valence-corrected chi connectivity index (χ0v) is 15.8. The van der Waals surface area contributed by atoms with Crippen LogP contribution in [0.3, 0.4) is 0 Å². The summed E-state index contributed by atoms with van der Waals surface area (Å²) in [4.78, 5) is 17.3. The zero-order chi connectivity index (χ0) is 20.2. The van der Waals surface area contributed by atoms with Crippen molar-refractivity contribution >= 4 is 28.7 Å². The van der Waals surface area contributed by atoms with Gasteiger partial charge < -0.3 is 15.0 Å². The van der Waals surface area contributed by atoms with Crippen molar-refractivity contribution in [2.24, 2.45) is 5.41 Å². The molecule has 148 valence electrons. The molecule has 2 saturated heterocycles. The van der Waals surface area contributed by atoms with Crippen LogP contribution < -0.4 is 5.32 Å². The number of pyridine rings is 1. The smallest absolute Gasteiger partial charge is 0.209 e. The minimum atomic E-state index is -0.679. The molecule has 1 atom stereocenters. The largest absolute Gasteiger partial charge is 0.372 e. The van der Waals surface area contributed by atoms with E-state index < -0.39 is 11.6 Å². The maximum atomic E-state index is 14.1. The van der Waals surface area contributed by atoms with Crippen molar-refractivity contribution in [2.45, 2.75) is 13.0 Å². The number of carbonyl (C=O) groups excluding carboxylic acids is 1. The predicted octanol–water partition coefficient (Wildman–Crippen LogP) is 4.09. The number of nitrogens with one attached hydrogen (secondary N) is 1. The summed E-state index contributed by atoms with van der Waals surface area (Å²) in [5, 5.41) is 4.83. The predicted molar refractivity (Wildman–Crippen MR) is 105 cm³/mol. The number of amides is 1. The van der Waals surface area contributed by atoms with Crippen LogP contribution in [0.1, 0.15) is 17.2 Å². The highest BCUT2D eigenvalue weighted by atomic mass is 19.1. The van der Waals surface area contributed by atoms with Gasteiger partial charge in [0.15, 0.2) is 0 Å². The van der Waals surface area contributed by atoms with E-state index in [0.29, 0.717) is 25.5 Å². The molecule has 5 nitrogen and oxygen atoms in total. The molecule has 2 fully saturated rings. The lowest BCUT2D eigenvalue weighted by molar-refractivity contribution is -0.244. The lowest BCUT2D eigenvalue weighted by Gasteiger charge is -2.59. The van der Waals surface area contributed by atoms with Crippen molar-refractivity contribution in [2.75, 3.05) is 25.0 Å². The number of benzene rings is 2. The van der Waals surface area contributed by atoms with Gasteiger partial charge in [-0.15, -0.1) is 0 Å². The molecule has 1 unspecified atom stereocenters. The van der Waals surface area contributed by atoms with Crippen molar-refractivity contribution in [3.05, 3.63) is 65.4 Å². The second-order valence-electron chi connectivity index (χ2n) is 7.87. The molecule has 0 radical (unpaired) electrons. The van der Waals surface area contributed by atoms with E-state index >= 15 is 0 Å². The van der Waals surface area contributed by atoms with E-state index in [-0.39, 0.29) is 17.2 Å². The first-order valence-electron chi connectivity index (χ1n) is 9.42. The number of hydrogen-bond donors (Lipinski definition) is 1. The third kappa shape index (κ3) is 2.76. The molecule has 0 bridgehead atoms. The number of anilines is 2. The Hall–Kier alpha value is -3.06. The van der Waals surface area contributed by atoms with E-state index in [1.165, 1.54) is 12.1 Å². The fraction of sp³-hybridized carbons (Fsp3) is 0.273. The molecular formula is C22H19F2N3O2. The Kier molecular flexibility index (Phi) is 4.03. The van der Waals surface area contributed by atoms with Gasteiger partial charge in [-0.3, -0.25) is 4.79 Å². The van der Waals surface area contributed by atoms with Crippen LogP contribution in [0.5, 0.6) is 0 Å². The van der Waals surface area contributed by atoms with Crippen LogP contribution in [0.15, 0.2) is 42.6 Å². The van der Waals surface area contributed by atoms with Crippen molar-refractivity contribution in [1.82, 2.24) is 9.88 Å². The number of aromatic nitrogens is 1. The molecule has 2 aromatic carbocycles. The summed E-state index contributed by atoms with van der Waals surface area (Å²) in [5.41, 5.74) is 2.13. The molecule has 2 aliphatic heterocycles. The molecule has 5 rings (SSSR count). The van der Waals surface area contributed by atoms with E-state index in [2.05, 4.69) is 10.3 Å². The Balaban J connectivity index is 1.56. The van der Waals surface area contributed by atoms with Gasteiger partial charge in [0.1, 0.15) is 17.5 Å². The van der Waals surface area contributed by atoms with Crippen molar-refractivity contribution in [3.8, 4) is 0 Å². The summed E-state index contributed by atoms with van der Waals surface area (Å²) in [6.07, 6.45) is 2.49. The van der Waals surface area contributed by atoms with Gasteiger partial charge in [-0.05, 0) is 30.0 Å². The second kappa shape index (κ2) is 6.49. The van der Waals surface area contributed by atoms with Crippen LogP contribution in [-0.2, 0) is 9.53 Å². The monoisotopic (exact) mass is 395 g/mol. The van der Waals surface area contributed by atoms with E-state index in [9.17, 15) is 13.6 Å². The molecule has 0 saturated carbocycles. The second-order valence-corrected chi connectivity index (χ2v) is 7.87. The Bertz CT molecular complexity index is 1130. The van der Waals surface area contributed by atoms with Crippen LogP contribution in [0.2, 0.25) is 0 Å². The number of ether oxygens (including phenoxy) is 1. The van der Waals surface area contributed by atoms with E-state index in [4.69, 9.17) is 4.74 Å². The first kappa shape index (κ1) is 18.0. The van der Waals surface area contributed by atoms with Gasteiger partial charge in [0.25, 0.3) is 0 Å². The summed E-state index contributed by atoms with van der Waals surface area (Å²) in [7, 11) is 0. The van der Waals surface area contributed by atoms with Crippen LogP contribution in [-0.4, -0.2) is 36.0 Å². The number of aryl methyl sites for hydroxylation is 1. The molecule has 29 heavy (non-hydrogen) atoms. The van der Waals surface area contributed by atoms with E-state index in [0.717, 1.165) is 34.4 Å². The van der Waals surface area contributed by atoms with Crippen molar-refractivity contribution in [3.63, 3.8) is 0 Å². The molecule has 1 spiro atoms. The van der Waals surface area contributed by atoms with Gasteiger partial charge in [-0.25, -0.2) is 13.8 Å². The molecule has 2 aliphatic rings. The van der Waals surface area contributed by atoms with Gasteiger partial charge >= 0.3 is 0 Å². The first-order valence-corrected chi connectivity index (χ1v) is 9.42. The molecule has 0 aliphatic carbocycles. The summed E-state index contributed by atoms with van der Waals surface area (Å²) in [5.74, 6) is -0.815. The number of rotatable bonds is 4. The number of hydrogen-bond acceptors (Lipinski definition) is 4. The summed E-state index contributed by atoms with van der Waals surface area (Å²) in [6, 6.07) is 9.25. The van der Waals surface area contributed by atoms with Crippen LogP contribution in [0.4, 0.5) is 20.3 Å². The molecule has 3 heterocycles. The molecule has 1 amide bonds. The van der Waals surface area contributed by atoms with Gasteiger partial charge in [-0.1, -0.05) is 18.2 Å². The Morgan fingerprint density at radius 3 is 2.79 bits per heavy atom. The standard InChI is InChI=1S/C22H19F2N3O2/c1-13-3-2-4-15-19(13)16(20-22(11-29-20)9-27(10-22)12-28)8-25-21(15)26-18-6-5-14(23)7-17(18)24/h2-8,12,20H,9-11H2,1H3,(H,25,26). The number of halogens is 2. The van der Waals surface area contributed by atoms with Gasteiger partial charge in [0.05, 0.1) is 23.8 Å². The van der Waals surface area contributed by atoms with Gasteiger partial charge in [0.2, 0.25) is 6.41 Å². The Morgan fingerprint density at radius 1 is 1.28 bits per heavy atom. The highest BCUT2D eigenvalue weighted by molar-refractivity contribution is 5.97. The summed E-state index contributed by atoms with van der Waals surface area (Å²) >= 11 is 0. The zero-order valence-electron chi connectivity index (χ0n) is 15.8. The number of likely N-dealkylation sites (tertiary alicyclic amines) is 1. The molecular weight excluding hydrogens is 376 g/mol. The average molecular weight is 395 g/mol. The van der Waals surface area contributed by atoms with Gasteiger partial charge in [-0.2, -0.15) is 0 Å². The molecule has 3 aromatic rings. The first-order chi connectivity index (χ1) is 14.0. The minimum Gasteiger partial charge on any atom is -0.372 e. The Morgan fingerprint density at radius 2 is 2.10 bits per heavy atom. The third-order valence-electron chi connectivity index (χ3n) is 5.89. The van der Waals surface area contributed by atoms with Gasteiger partial charge in [0, 0.05) is 36.3 Å². The third-order valence-corrected chi connectivity index (χ3v) is 5.89. The number of carbonyl (C=O) groups is 1. The average Bonchev–Trinajstić information content (AvgIpc) is 2.64. The topological polar surface area (TPSA) is 54.5 Å². The maximum absolute atomic E-state index is 14.1. The van der Waals surface area contributed by atoms with Crippen LogP contribution >= 0.6 is 0 Å². The molecule has 1 N–H and O–H groups in total. The van der Waals surface area contributed by atoms with Crippen LogP contribution in [0, 0.1) is 24.0 Å². The maximum Gasteiger partial charge on any atom is 0.209 e. The summed E-state index contributed by atoms with van der Waals surface area (Å²) < 4.78 is 33.3. The normalized spacial score (nSPS) is 19.7. The number of nitrogens with zero attached hydrogens (tertiary/aromatic N) is 2. The minimum absolute atomic E-state index is 0.0597. The lowest BCUT2D eigenvalue weighted by atomic mass is 9.69. The fourth-order valence-electron chi connectivity index (χ4n) is 4.45. The molecule has 7 heteroatoms. The number of fused-ring (bicyclic) bond motifs is 1. The van der Waals surface area contributed by atoms with Crippen molar-refractivity contribution < 1.29 is 18.3 Å². The Labute approximate surface area is 166 Å². The summed E-state index contributed by atoms with van der Waals surface area (Å²) in [6.45, 7) is 3.98. The SMILES string of the molecule is Cc1cccc2c(Nc3ccc(F)cc3F)ncc(C3OCC34CN(C=O)C4)c12. The highest BCUT2D eigenvalue weighted by Crippen LogP contribution is 2.53.